The van der Waals surface area contributed by atoms with Gasteiger partial charge in [0.2, 0.25) is 11.1 Å². The Morgan fingerprint density at radius 3 is 2.77 bits per heavy atom. The van der Waals surface area contributed by atoms with Crippen molar-refractivity contribution in [3.05, 3.63) is 30.1 Å². The van der Waals surface area contributed by atoms with Gasteiger partial charge in [0.05, 0.1) is 20.0 Å². The second-order valence-corrected chi connectivity index (χ2v) is 5.22. The Balaban J connectivity index is 1.84. The van der Waals surface area contributed by atoms with E-state index in [-0.39, 0.29) is 11.7 Å². The van der Waals surface area contributed by atoms with Gasteiger partial charge in [0, 0.05) is 6.54 Å². The lowest BCUT2D eigenvalue weighted by atomic mass is 10.2. The number of carbonyl (C=O) groups is 1. The van der Waals surface area contributed by atoms with Crippen molar-refractivity contribution in [3.8, 4) is 11.5 Å². The van der Waals surface area contributed by atoms with Crippen LogP contribution in [0.5, 0.6) is 11.5 Å². The molecule has 0 aliphatic heterocycles. The molecule has 22 heavy (non-hydrogen) atoms. The minimum atomic E-state index is -0.122. The molecule has 0 spiro atoms. The molecule has 0 fully saturated rings. The number of nitrogens with one attached hydrogen (secondary N) is 1. The van der Waals surface area contributed by atoms with Gasteiger partial charge in [0.15, 0.2) is 11.5 Å². The van der Waals surface area contributed by atoms with E-state index in [2.05, 4.69) is 15.5 Å². The molecule has 0 unspecified atom stereocenters. The lowest BCUT2D eigenvalue weighted by Gasteiger charge is -2.10. The van der Waals surface area contributed by atoms with Gasteiger partial charge in [-0.1, -0.05) is 17.8 Å². The molecule has 0 aliphatic rings. The van der Waals surface area contributed by atoms with Gasteiger partial charge < -0.3 is 20.6 Å². The van der Waals surface area contributed by atoms with Gasteiger partial charge in [-0.15, -0.1) is 10.2 Å². The van der Waals surface area contributed by atoms with Crippen molar-refractivity contribution in [2.75, 3.05) is 25.8 Å². The Morgan fingerprint density at radius 1 is 1.36 bits per heavy atom. The molecule has 0 radical (unpaired) electrons. The standard InChI is InChI=1S/C13H17N5O3S/c1-20-10-4-3-9(5-11(10)21-2)6-15-12(19)7-22-13-17-16-8-18(13)14/h3-5,8H,6-7,14H2,1-2H3,(H,15,19). The summed E-state index contributed by atoms with van der Waals surface area (Å²) in [5.74, 6) is 6.93. The van der Waals surface area contributed by atoms with Gasteiger partial charge in [0.1, 0.15) is 6.33 Å². The van der Waals surface area contributed by atoms with E-state index in [9.17, 15) is 4.79 Å². The third kappa shape index (κ3) is 4.04. The molecule has 1 amide bonds. The van der Waals surface area contributed by atoms with Crippen LogP contribution in [0.4, 0.5) is 0 Å². The maximum Gasteiger partial charge on any atom is 0.230 e. The molecule has 0 saturated heterocycles. The summed E-state index contributed by atoms with van der Waals surface area (Å²) in [6.45, 7) is 0.398. The van der Waals surface area contributed by atoms with Crippen molar-refractivity contribution in [2.45, 2.75) is 11.7 Å². The summed E-state index contributed by atoms with van der Waals surface area (Å²) in [5, 5.41) is 10.7. The Morgan fingerprint density at radius 2 is 2.14 bits per heavy atom. The predicted octanol–water partition coefficient (Wildman–Crippen LogP) is 0.418. The van der Waals surface area contributed by atoms with E-state index in [4.69, 9.17) is 15.3 Å². The van der Waals surface area contributed by atoms with Crippen LogP contribution in [-0.4, -0.2) is 40.8 Å². The fourth-order valence-electron chi connectivity index (χ4n) is 1.71. The van der Waals surface area contributed by atoms with Crippen LogP contribution in [0, 0.1) is 0 Å². The van der Waals surface area contributed by atoms with Gasteiger partial charge >= 0.3 is 0 Å². The molecule has 2 aromatic rings. The first kappa shape index (κ1) is 16.0. The number of thioether (sulfide) groups is 1. The van der Waals surface area contributed by atoms with Crippen LogP contribution < -0.4 is 20.6 Å². The monoisotopic (exact) mass is 323 g/mol. The number of benzene rings is 1. The van der Waals surface area contributed by atoms with Crippen LogP contribution in [0.3, 0.4) is 0 Å². The average molecular weight is 323 g/mol. The minimum absolute atomic E-state index is 0.122. The van der Waals surface area contributed by atoms with Crippen LogP contribution in [0.1, 0.15) is 5.56 Å². The third-order valence-electron chi connectivity index (χ3n) is 2.81. The van der Waals surface area contributed by atoms with Crippen molar-refractivity contribution in [3.63, 3.8) is 0 Å². The van der Waals surface area contributed by atoms with Crippen LogP contribution in [-0.2, 0) is 11.3 Å². The van der Waals surface area contributed by atoms with Crippen LogP contribution >= 0.6 is 11.8 Å². The quantitative estimate of drug-likeness (QED) is 0.562. The number of amides is 1. The van der Waals surface area contributed by atoms with Crippen LogP contribution in [0.15, 0.2) is 29.7 Å². The minimum Gasteiger partial charge on any atom is -0.493 e. The van der Waals surface area contributed by atoms with Crippen LogP contribution in [0.25, 0.3) is 0 Å². The molecule has 1 aromatic carbocycles. The molecule has 9 heteroatoms. The van der Waals surface area contributed by atoms with E-state index >= 15 is 0 Å². The van der Waals surface area contributed by atoms with E-state index in [1.54, 1.807) is 20.3 Å². The second-order valence-electron chi connectivity index (χ2n) is 4.28. The first-order valence-corrected chi connectivity index (χ1v) is 7.38. The van der Waals surface area contributed by atoms with E-state index in [0.29, 0.717) is 23.2 Å². The van der Waals surface area contributed by atoms with E-state index in [0.717, 1.165) is 5.56 Å². The number of nitrogens with two attached hydrogens (primary N) is 1. The highest BCUT2D eigenvalue weighted by Gasteiger charge is 2.08. The fraction of sp³-hybridized carbons (Fsp3) is 0.308. The van der Waals surface area contributed by atoms with Crippen molar-refractivity contribution >= 4 is 17.7 Å². The molecule has 1 heterocycles. The van der Waals surface area contributed by atoms with Crippen molar-refractivity contribution in [1.29, 1.82) is 0 Å². The summed E-state index contributed by atoms with van der Waals surface area (Å²) < 4.78 is 11.7. The molecule has 3 N–H and O–H groups in total. The second kappa shape index (κ2) is 7.55. The lowest BCUT2D eigenvalue weighted by molar-refractivity contribution is -0.118. The maximum absolute atomic E-state index is 11.8. The Kier molecular flexibility index (Phi) is 5.48. The first-order valence-electron chi connectivity index (χ1n) is 6.39. The summed E-state index contributed by atoms with van der Waals surface area (Å²) >= 11 is 1.22. The molecule has 118 valence electrons. The zero-order valence-electron chi connectivity index (χ0n) is 12.3. The summed E-state index contributed by atoms with van der Waals surface area (Å²) in [6, 6.07) is 5.49. The average Bonchev–Trinajstić information content (AvgIpc) is 2.95. The molecular formula is C13H17N5O3S. The molecule has 0 bridgehead atoms. The molecular weight excluding hydrogens is 306 g/mol. The Bertz CT molecular complexity index is 646. The SMILES string of the molecule is COc1ccc(CNC(=O)CSc2nncn2N)cc1OC. The van der Waals surface area contributed by atoms with E-state index in [1.807, 2.05) is 12.1 Å². The topological polar surface area (TPSA) is 104 Å². The van der Waals surface area contributed by atoms with Gasteiger partial charge in [-0.2, -0.15) is 0 Å². The van der Waals surface area contributed by atoms with Crippen molar-refractivity contribution in [1.82, 2.24) is 20.2 Å². The zero-order chi connectivity index (χ0) is 15.9. The molecule has 1 aromatic heterocycles. The van der Waals surface area contributed by atoms with Gasteiger partial charge in [-0.05, 0) is 17.7 Å². The van der Waals surface area contributed by atoms with Gasteiger partial charge in [-0.25, -0.2) is 4.68 Å². The highest BCUT2D eigenvalue weighted by Crippen LogP contribution is 2.27. The Hall–Kier alpha value is -2.42. The largest absolute Gasteiger partial charge is 0.493 e. The highest BCUT2D eigenvalue weighted by molar-refractivity contribution is 7.99. The molecule has 0 saturated carbocycles. The lowest BCUT2D eigenvalue weighted by Crippen LogP contribution is -2.25. The van der Waals surface area contributed by atoms with E-state index < -0.39 is 0 Å². The number of nitrogens with zero attached hydrogens (tertiary/aromatic N) is 3. The summed E-state index contributed by atoms with van der Waals surface area (Å²) in [4.78, 5) is 11.8. The predicted molar refractivity (Wildman–Crippen MR) is 82.3 cm³/mol. The summed E-state index contributed by atoms with van der Waals surface area (Å²) in [6.07, 6.45) is 1.38. The third-order valence-corrected chi connectivity index (χ3v) is 3.77. The Labute approximate surface area is 132 Å². The van der Waals surface area contributed by atoms with Gasteiger partial charge in [-0.3, -0.25) is 4.79 Å². The molecule has 0 atom stereocenters. The number of aromatic nitrogens is 3. The highest BCUT2D eigenvalue weighted by atomic mass is 32.2. The smallest absolute Gasteiger partial charge is 0.230 e. The number of hydrogen-bond donors (Lipinski definition) is 2. The molecule has 0 aliphatic carbocycles. The number of carbonyl (C=O) groups excluding carboxylic acids is 1. The number of methoxy groups -OCH3 is 2. The normalized spacial score (nSPS) is 10.3. The summed E-state index contributed by atoms with van der Waals surface area (Å²) in [7, 11) is 3.15. The maximum atomic E-state index is 11.8. The number of nitrogen functional groups attached to an aromatic ring is 1. The van der Waals surface area contributed by atoms with Crippen molar-refractivity contribution in [2.24, 2.45) is 0 Å². The molecule has 2 rings (SSSR count). The van der Waals surface area contributed by atoms with Gasteiger partial charge in [0.25, 0.3) is 0 Å². The zero-order valence-corrected chi connectivity index (χ0v) is 13.1. The van der Waals surface area contributed by atoms with E-state index in [1.165, 1.54) is 22.8 Å². The number of ether oxygens (including phenoxy) is 2. The number of rotatable bonds is 7. The first-order chi connectivity index (χ1) is 10.6. The summed E-state index contributed by atoms with van der Waals surface area (Å²) in [5.41, 5.74) is 0.915. The van der Waals surface area contributed by atoms with Crippen LogP contribution in [0.2, 0.25) is 0 Å². The van der Waals surface area contributed by atoms with Crippen molar-refractivity contribution < 1.29 is 14.3 Å². The molecule has 8 nitrogen and oxygen atoms in total. The number of hydrogen-bond acceptors (Lipinski definition) is 7. The fourth-order valence-corrected chi connectivity index (χ4v) is 2.37.